The van der Waals surface area contributed by atoms with Crippen molar-refractivity contribution in [3.63, 3.8) is 0 Å². The van der Waals surface area contributed by atoms with E-state index in [4.69, 9.17) is 0 Å². The first-order valence-corrected chi connectivity index (χ1v) is 9.41. The Hall–Kier alpha value is -0.933. The monoisotopic (exact) mass is 319 g/mol. The van der Waals surface area contributed by atoms with E-state index >= 15 is 0 Å². The topological polar surface area (TPSA) is 29.5 Å². The van der Waals surface area contributed by atoms with Crippen molar-refractivity contribution in [3.8, 4) is 11.5 Å². The van der Waals surface area contributed by atoms with Crippen LogP contribution < -0.4 is 0 Å². The number of nitrogens with zero attached hydrogens (tertiary/aromatic N) is 1. The van der Waals surface area contributed by atoms with Gasteiger partial charge in [-0.1, -0.05) is 41.5 Å². The zero-order valence-corrected chi connectivity index (χ0v) is 15.3. The molecule has 0 atom stereocenters. The molecule has 1 amide bonds. The number of halogens is 2. The average molecular weight is 319 g/mol. The van der Waals surface area contributed by atoms with Crippen LogP contribution in [0.15, 0.2) is 0 Å². The van der Waals surface area contributed by atoms with Crippen molar-refractivity contribution >= 4 is 14.0 Å². The van der Waals surface area contributed by atoms with Crippen LogP contribution in [0.3, 0.4) is 0 Å². The molecule has 0 N–H and O–H groups in total. The largest absolute Gasteiger partial charge is 0.386 e. The minimum absolute atomic E-state index is 0.232. The van der Waals surface area contributed by atoms with E-state index in [1.807, 2.05) is 47.5 Å². The minimum Gasteiger partial charge on any atom is -0.274 e. The third-order valence-electron chi connectivity index (χ3n) is 4.13. The molecule has 0 saturated heterocycles. The van der Waals surface area contributed by atoms with Gasteiger partial charge < -0.3 is 0 Å². The maximum Gasteiger partial charge on any atom is 0.386 e. The Morgan fingerprint density at radius 1 is 1.10 bits per heavy atom. The summed E-state index contributed by atoms with van der Waals surface area (Å²) in [7, 11) is 0.0314. The molecule has 0 saturated carbocycles. The Kier molecular flexibility index (Phi) is 7.04. The Morgan fingerprint density at radius 2 is 1.48 bits per heavy atom. The molecule has 0 aliphatic heterocycles. The number of amides is 1. The van der Waals surface area contributed by atoms with Crippen molar-refractivity contribution < 1.29 is 18.4 Å². The highest BCUT2D eigenvalue weighted by atomic mass is 28.3. The van der Waals surface area contributed by atoms with Gasteiger partial charge >= 0.3 is 11.8 Å². The molecule has 0 aromatic rings. The molecule has 3 nitrogen and oxygen atoms in total. The van der Waals surface area contributed by atoms with Crippen molar-refractivity contribution in [1.82, 2.24) is 5.06 Å². The zero-order valence-electron chi connectivity index (χ0n) is 14.3. The number of rotatable bonds is 5. The highest BCUT2D eigenvalue weighted by Gasteiger charge is 2.44. The van der Waals surface area contributed by atoms with Gasteiger partial charge in [-0.2, -0.15) is 8.78 Å². The van der Waals surface area contributed by atoms with Gasteiger partial charge in [-0.3, -0.25) is 9.63 Å². The molecule has 0 radical (unpaired) electrons. The van der Waals surface area contributed by atoms with Gasteiger partial charge in [-0.15, -0.1) is 5.54 Å². The van der Waals surface area contributed by atoms with Crippen LogP contribution in [0.2, 0.25) is 16.6 Å². The van der Waals surface area contributed by atoms with E-state index in [1.54, 1.807) is 0 Å². The molecule has 0 unspecified atom stereocenters. The molecule has 0 aliphatic carbocycles. The lowest BCUT2D eigenvalue weighted by atomic mass is 10.3. The van der Waals surface area contributed by atoms with Crippen molar-refractivity contribution in [2.24, 2.45) is 0 Å². The SMILES string of the molecule is CON(C)C(=O)C(F)(F)C#C[Si](C(C)C)(C(C)C)C(C)C. The van der Waals surface area contributed by atoms with E-state index in [9.17, 15) is 13.6 Å². The number of hydroxylamine groups is 2. The summed E-state index contributed by atoms with van der Waals surface area (Å²) >= 11 is 0. The number of hydrogen-bond donors (Lipinski definition) is 0. The first-order chi connectivity index (χ1) is 9.43. The molecule has 0 heterocycles. The Morgan fingerprint density at radius 3 is 1.76 bits per heavy atom. The first-order valence-electron chi connectivity index (χ1n) is 7.17. The van der Waals surface area contributed by atoms with Gasteiger partial charge in [0.1, 0.15) is 8.07 Å². The lowest BCUT2D eigenvalue weighted by Crippen LogP contribution is -2.45. The van der Waals surface area contributed by atoms with Crippen LogP contribution >= 0.6 is 0 Å². The molecular weight excluding hydrogens is 292 g/mol. The highest BCUT2D eigenvalue weighted by Crippen LogP contribution is 2.41. The van der Waals surface area contributed by atoms with Gasteiger partial charge in [0.05, 0.1) is 7.11 Å². The third-order valence-corrected chi connectivity index (χ3v) is 10.4. The summed E-state index contributed by atoms with van der Waals surface area (Å²) in [5, 5.41) is 0.512. The molecule has 0 fully saturated rings. The van der Waals surface area contributed by atoms with Gasteiger partial charge in [0, 0.05) is 7.05 Å². The van der Waals surface area contributed by atoms with Gasteiger partial charge in [-0.25, -0.2) is 5.06 Å². The van der Waals surface area contributed by atoms with Crippen LogP contribution in [0.5, 0.6) is 0 Å². The number of carbonyl (C=O) groups is 1. The molecular formula is C15H27F2NO2Si. The van der Waals surface area contributed by atoms with Crippen molar-refractivity contribution in [1.29, 1.82) is 0 Å². The van der Waals surface area contributed by atoms with E-state index in [-0.39, 0.29) is 16.6 Å². The van der Waals surface area contributed by atoms with Crippen LogP contribution in [0.1, 0.15) is 41.5 Å². The summed E-state index contributed by atoms with van der Waals surface area (Å²) in [6, 6.07) is 0. The van der Waals surface area contributed by atoms with Gasteiger partial charge in [0.25, 0.3) is 0 Å². The first kappa shape index (κ1) is 20.1. The van der Waals surface area contributed by atoms with Crippen LogP contribution in [0.4, 0.5) is 8.78 Å². The molecule has 21 heavy (non-hydrogen) atoms. The fourth-order valence-corrected chi connectivity index (χ4v) is 8.19. The van der Waals surface area contributed by atoms with Crippen LogP contribution in [-0.2, 0) is 9.63 Å². The molecule has 0 aromatic heterocycles. The summed E-state index contributed by atoms with van der Waals surface area (Å²) < 4.78 is 27.9. The Balaban J connectivity index is 5.73. The maximum absolute atomic E-state index is 14.0. The second-order valence-corrected chi connectivity index (χ2v) is 11.8. The second kappa shape index (κ2) is 7.37. The van der Waals surface area contributed by atoms with E-state index in [1.165, 1.54) is 0 Å². The quantitative estimate of drug-likeness (QED) is 0.437. The van der Waals surface area contributed by atoms with E-state index < -0.39 is 19.9 Å². The van der Waals surface area contributed by atoms with E-state index in [0.717, 1.165) is 14.2 Å². The van der Waals surface area contributed by atoms with Crippen LogP contribution in [0.25, 0.3) is 0 Å². The van der Waals surface area contributed by atoms with Gasteiger partial charge in [0.15, 0.2) is 0 Å². The zero-order chi connectivity index (χ0) is 17.0. The summed E-state index contributed by atoms with van der Waals surface area (Å²) in [5.41, 5.74) is 3.56. The molecule has 0 aromatic carbocycles. The maximum atomic E-state index is 14.0. The van der Waals surface area contributed by atoms with E-state index in [2.05, 4.69) is 10.4 Å². The molecule has 6 heteroatoms. The Labute approximate surface area is 128 Å². The van der Waals surface area contributed by atoms with Crippen LogP contribution in [-0.4, -0.2) is 39.1 Å². The molecule has 0 rings (SSSR count). The highest BCUT2D eigenvalue weighted by molar-refractivity contribution is 6.90. The fraction of sp³-hybridized carbons (Fsp3) is 0.800. The van der Waals surface area contributed by atoms with Crippen molar-refractivity contribution in [3.05, 3.63) is 0 Å². The predicted octanol–water partition coefficient (Wildman–Crippen LogP) is 3.86. The minimum atomic E-state index is -3.72. The molecule has 122 valence electrons. The third kappa shape index (κ3) is 4.27. The molecule has 0 bridgehead atoms. The molecule has 0 aliphatic rings. The normalized spacial score (nSPS) is 12.6. The number of alkyl halides is 2. The Bertz CT molecular complexity index is 403. The van der Waals surface area contributed by atoms with E-state index in [0.29, 0.717) is 5.06 Å². The van der Waals surface area contributed by atoms with Crippen molar-refractivity contribution in [2.75, 3.05) is 14.2 Å². The van der Waals surface area contributed by atoms with Crippen LogP contribution in [0, 0.1) is 11.5 Å². The second-order valence-electron chi connectivity index (χ2n) is 6.21. The lowest BCUT2D eigenvalue weighted by molar-refractivity contribution is -0.187. The molecule has 0 spiro atoms. The lowest BCUT2D eigenvalue weighted by Gasteiger charge is -2.38. The summed E-state index contributed by atoms with van der Waals surface area (Å²) in [5.74, 6) is -3.19. The van der Waals surface area contributed by atoms with Gasteiger partial charge in [-0.05, 0) is 22.5 Å². The summed E-state index contributed by atoms with van der Waals surface area (Å²) in [6.45, 7) is 12.2. The van der Waals surface area contributed by atoms with Gasteiger partial charge in [0.2, 0.25) is 0 Å². The summed E-state index contributed by atoms with van der Waals surface area (Å²) in [4.78, 5) is 16.1. The standard InChI is InChI=1S/C15H27F2NO2Si/c1-11(2)21(12(3)4,13(5)6)10-9-15(16,17)14(19)18(7)20-8/h11-13H,1-8H3. The number of carbonyl (C=O) groups excluding carboxylic acids is 1. The smallest absolute Gasteiger partial charge is 0.274 e. The predicted molar refractivity (Wildman–Crippen MR) is 83.6 cm³/mol. The fourth-order valence-electron chi connectivity index (χ4n) is 2.95. The number of hydrogen-bond acceptors (Lipinski definition) is 2. The average Bonchev–Trinajstić information content (AvgIpc) is 2.36. The summed E-state index contributed by atoms with van der Waals surface area (Å²) in [6.07, 6.45) is 0. The van der Waals surface area contributed by atoms with Crippen molar-refractivity contribution in [2.45, 2.75) is 64.1 Å².